The lowest BCUT2D eigenvalue weighted by atomic mass is 10.0. The maximum Gasteiger partial charge on any atom is 0.290 e. The molecule has 2 heterocycles. The van der Waals surface area contributed by atoms with E-state index < -0.39 is 11.0 Å². The van der Waals surface area contributed by atoms with E-state index >= 15 is 0 Å². The molecule has 1 aromatic heterocycles. The molecule has 0 radical (unpaired) electrons. The molecule has 1 unspecified atom stereocenters. The normalized spacial score (nSPS) is 17.4. The van der Waals surface area contributed by atoms with Gasteiger partial charge in [-0.3, -0.25) is 14.9 Å². The lowest BCUT2D eigenvalue weighted by molar-refractivity contribution is -0.385. The first-order valence-electron chi connectivity index (χ1n) is 7.91. The zero-order valence-electron chi connectivity index (χ0n) is 13.6. The number of nitro groups is 1. The van der Waals surface area contributed by atoms with Crippen molar-refractivity contribution in [3.05, 3.63) is 57.2 Å². The molecule has 0 aliphatic carbocycles. The van der Waals surface area contributed by atoms with Gasteiger partial charge in [0.05, 0.1) is 15.6 Å². The topological polar surface area (TPSA) is 88.4 Å². The number of carbonyl (C=O) groups is 1. The van der Waals surface area contributed by atoms with Gasteiger partial charge < -0.3 is 10.2 Å². The summed E-state index contributed by atoms with van der Waals surface area (Å²) in [5.74, 6) is 0.361. The number of benzene rings is 1. The van der Waals surface area contributed by atoms with Crippen LogP contribution in [0.3, 0.4) is 0 Å². The van der Waals surface area contributed by atoms with Crippen molar-refractivity contribution in [1.29, 1.82) is 0 Å². The smallest absolute Gasteiger partial charge is 0.290 e. The largest absolute Gasteiger partial charge is 0.358 e. The predicted molar refractivity (Wildman–Crippen MR) is 96.1 cm³/mol. The van der Waals surface area contributed by atoms with Gasteiger partial charge in [0.25, 0.3) is 5.69 Å². The Labute approximate surface area is 149 Å². The maximum atomic E-state index is 12.8. The number of nitrogens with zero attached hydrogens (tertiary/aromatic N) is 3. The Kier molecular flexibility index (Phi) is 4.85. The van der Waals surface area contributed by atoms with Gasteiger partial charge in [-0.25, -0.2) is 4.98 Å². The molecule has 1 aliphatic heterocycles. The molecule has 7 nitrogen and oxygen atoms in total. The number of amides is 1. The van der Waals surface area contributed by atoms with E-state index in [0.29, 0.717) is 35.1 Å². The lowest BCUT2D eigenvalue weighted by Crippen LogP contribution is -2.48. The van der Waals surface area contributed by atoms with E-state index in [-0.39, 0.29) is 11.6 Å². The van der Waals surface area contributed by atoms with Crippen molar-refractivity contribution in [2.45, 2.75) is 25.8 Å². The Bertz CT molecular complexity index is 827. The molecule has 1 fully saturated rings. The Morgan fingerprint density at radius 2 is 2.16 bits per heavy atom. The molecule has 130 valence electrons. The molecular formula is C17H17ClN4O3. The maximum absolute atomic E-state index is 12.8. The Hall–Kier alpha value is -2.67. The Morgan fingerprint density at radius 1 is 1.40 bits per heavy atom. The number of aromatic nitrogens is 1. The van der Waals surface area contributed by atoms with Gasteiger partial charge in [-0.2, -0.15) is 0 Å². The summed E-state index contributed by atoms with van der Waals surface area (Å²) >= 11 is 6.21. The third-order valence-corrected chi connectivity index (χ3v) is 4.50. The summed E-state index contributed by atoms with van der Waals surface area (Å²) in [6, 6.07) is 8.37. The van der Waals surface area contributed by atoms with Crippen LogP contribution < -0.4 is 10.2 Å². The lowest BCUT2D eigenvalue weighted by Gasteiger charge is -2.33. The molecule has 0 spiro atoms. The van der Waals surface area contributed by atoms with Crippen LogP contribution in [0.1, 0.15) is 18.4 Å². The van der Waals surface area contributed by atoms with Gasteiger partial charge in [0.1, 0.15) is 18.1 Å². The highest BCUT2D eigenvalue weighted by Gasteiger charge is 2.31. The predicted octanol–water partition coefficient (Wildman–Crippen LogP) is 3.56. The minimum absolute atomic E-state index is 0.0433. The van der Waals surface area contributed by atoms with Gasteiger partial charge in [0, 0.05) is 12.1 Å². The fourth-order valence-electron chi connectivity index (χ4n) is 2.92. The van der Waals surface area contributed by atoms with Crippen molar-refractivity contribution in [1.82, 2.24) is 4.98 Å². The van der Waals surface area contributed by atoms with E-state index in [1.54, 1.807) is 24.0 Å². The van der Waals surface area contributed by atoms with Crippen LogP contribution in [0.4, 0.5) is 17.2 Å². The molecule has 1 aliphatic rings. The molecule has 1 amide bonds. The number of para-hydroxylation sites is 1. The minimum atomic E-state index is -0.475. The van der Waals surface area contributed by atoms with Crippen LogP contribution in [0.15, 0.2) is 36.5 Å². The molecule has 1 atom stereocenters. The quantitative estimate of drug-likeness (QED) is 0.665. The van der Waals surface area contributed by atoms with Crippen molar-refractivity contribution in [3.8, 4) is 0 Å². The SMILES string of the molecule is Cc1cc(NC2CCCN(c3ccccc3Cl)C2=O)ncc1[N+](=O)[O-]. The van der Waals surface area contributed by atoms with E-state index in [1.165, 1.54) is 6.20 Å². The summed E-state index contributed by atoms with van der Waals surface area (Å²) in [7, 11) is 0. The Morgan fingerprint density at radius 3 is 2.84 bits per heavy atom. The summed E-state index contributed by atoms with van der Waals surface area (Å²) in [6.45, 7) is 2.25. The van der Waals surface area contributed by atoms with Gasteiger partial charge in [-0.1, -0.05) is 23.7 Å². The number of hydrogen-bond acceptors (Lipinski definition) is 5. The molecule has 1 N–H and O–H groups in total. The van der Waals surface area contributed by atoms with Crippen LogP contribution >= 0.6 is 11.6 Å². The number of pyridine rings is 1. The van der Waals surface area contributed by atoms with Gasteiger partial charge in [0.15, 0.2) is 0 Å². The monoisotopic (exact) mass is 360 g/mol. The fourth-order valence-corrected chi connectivity index (χ4v) is 3.15. The van der Waals surface area contributed by atoms with Crippen LogP contribution in [0, 0.1) is 17.0 Å². The number of nitrogens with one attached hydrogen (secondary N) is 1. The number of piperidine rings is 1. The number of hydrogen-bond donors (Lipinski definition) is 1. The van der Waals surface area contributed by atoms with Crippen LogP contribution in [0.2, 0.25) is 5.02 Å². The van der Waals surface area contributed by atoms with Crippen molar-refractivity contribution in [2.75, 3.05) is 16.8 Å². The first-order valence-corrected chi connectivity index (χ1v) is 8.28. The van der Waals surface area contributed by atoms with Gasteiger partial charge in [-0.15, -0.1) is 0 Å². The average Bonchev–Trinajstić information content (AvgIpc) is 2.57. The van der Waals surface area contributed by atoms with Crippen LogP contribution in [-0.4, -0.2) is 28.4 Å². The van der Waals surface area contributed by atoms with Gasteiger partial charge in [-0.05, 0) is 38.0 Å². The minimum Gasteiger partial charge on any atom is -0.358 e. The van der Waals surface area contributed by atoms with Gasteiger partial charge >= 0.3 is 0 Å². The molecule has 0 bridgehead atoms. The molecular weight excluding hydrogens is 344 g/mol. The molecule has 0 saturated carbocycles. The summed E-state index contributed by atoms with van der Waals surface area (Å²) < 4.78 is 0. The third kappa shape index (κ3) is 3.56. The van der Waals surface area contributed by atoms with E-state index in [2.05, 4.69) is 10.3 Å². The number of halogens is 1. The first kappa shape index (κ1) is 17.2. The van der Waals surface area contributed by atoms with E-state index in [4.69, 9.17) is 11.6 Å². The number of aryl methyl sites for hydroxylation is 1. The average molecular weight is 361 g/mol. The molecule has 1 aromatic carbocycles. The van der Waals surface area contributed by atoms with Crippen molar-refractivity contribution < 1.29 is 9.72 Å². The molecule has 3 rings (SSSR count). The van der Waals surface area contributed by atoms with Crippen molar-refractivity contribution in [3.63, 3.8) is 0 Å². The highest BCUT2D eigenvalue weighted by Crippen LogP contribution is 2.29. The summed E-state index contributed by atoms with van der Waals surface area (Å²) in [5, 5.41) is 14.5. The highest BCUT2D eigenvalue weighted by molar-refractivity contribution is 6.33. The van der Waals surface area contributed by atoms with Crippen LogP contribution in [0.25, 0.3) is 0 Å². The zero-order chi connectivity index (χ0) is 18.0. The van der Waals surface area contributed by atoms with E-state index in [9.17, 15) is 14.9 Å². The number of rotatable bonds is 4. The standard InChI is InChI=1S/C17H17ClN4O3/c1-11-9-16(19-10-15(11)22(24)25)20-13-6-4-8-21(17(13)23)14-7-3-2-5-12(14)18/h2-3,5,7,9-10,13H,4,6,8H2,1H3,(H,19,20). The zero-order valence-corrected chi connectivity index (χ0v) is 14.4. The van der Waals surface area contributed by atoms with Crippen LogP contribution in [-0.2, 0) is 4.79 Å². The molecule has 8 heteroatoms. The second-order valence-corrected chi connectivity index (χ2v) is 6.30. The van der Waals surface area contributed by atoms with E-state index in [0.717, 1.165) is 6.42 Å². The van der Waals surface area contributed by atoms with Crippen molar-refractivity contribution >= 4 is 34.7 Å². The molecule has 1 saturated heterocycles. The summed E-state index contributed by atoms with van der Waals surface area (Å²) in [4.78, 5) is 28.9. The third-order valence-electron chi connectivity index (χ3n) is 4.18. The first-order chi connectivity index (χ1) is 12.0. The molecule has 25 heavy (non-hydrogen) atoms. The second kappa shape index (κ2) is 7.06. The second-order valence-electron chi connectivity index (χ2n) is 5.89. The summed E-state index contributed by atoms with van der Waals surface area (Å²) in [5.41, 5.74) is 1.14. The number of carbonyl (C=O) groups excluding carboxylic acids is 1. The fraction of sp³-hybridized carbons (Fsp3) is 0.294. The summed E-state index contributed by atoms with van der Waals surface area (Å²) in [6.07, 6.45) is 2.69. The molecule has 2 aromatic rings. The Balaban J connectivity index is 1.79. The van der Waals surface area contributed by atoms with Crippen LogP contribution in [0.5, 0.6) is 0 Å². The van der Waals surface area contributed by atoms with Gasteiger partial charge in [0.2, 0.25) is 5.91 Å². The highest BCUT2D eigenvalue weighted by atomic mass is 35.5. The van der Waals surface area contributed by atoms with E-state index in [1.807, 2.05) is 18.2 Å². The number of anilines is 2. The van der Waals surface area contributed by atoms with Crippen molar-refractivity contribution in [2.24, 2.45) is 0 Å².